The van der Waals surface area contributed by atoms with Gasteiger partial charge in [0.1, 0.15) is 12.4 Å². The van der Waals surface area contributed by atoms with Crippen LogP contribution in [0.3, 0.4) is 0 Å². The second-order valence-corrected chi connectivity index (χ2v) is 3.14. The summed E-state index contributed by atoms with van der Waals surface area (Å²) in [4.78, 5) is 4.07. The lowest BCUT2D eigenvalue weighted by molar-refractivity contribution is 0.243. The molecule has 0 aliphatic heterocycles. The molecule has 0 bridgehead atoms. The molecular formula is C8H11NO2. The third-order valence-electron chi connectivity index (χ3n) is 2.15. The van der Waals surface area contributed by atoms with Gasteiger partial charge in [-0.25, -0.2) is 4.98 Å². The molecule has 3 nitrogen and oxygen atoms in total. The fraction of sp³-hybridized carbons (Fsp3) is 0.625. The number of hydrogen-bond donors (Lipinski definition) is 1. The number of aliphatic hydroxyl groups is 1. The highest BCUT2D eigenvalue weighted by atomic mass is 16.4. The van der Waals surface area contributed by atoms with E-state index in [2.05, 4.69) is 11.9 Å². The van der Waals surface area contributed by atoms with Crippen LogP contribution in [0.1, 0.15) is 30.9 Å². The van der Waals surface area contributed by atoms with E-state index in [0.717, 1.165) is 5.89 Å². The number of aliphatic hydroxyl groups excluding tert-OH is 1. The maximum Gasteiger partial charge on any atom is 0.197 e. The summed E-state index contributed by atoms with van der Waals surface area (Å²) in [7, 11) is 0. The zero-order valence-corrected chi connectivity index (χ0v) is 6.45. The minimum Gasteiger partial charge on any atom is -0.443 e. The van der Waals surface area contributed by atoms with E-state index >= 15 is 0 Å². The quantitative estimate of drug-likeness (QED) is 0.696. The fourth-order valence-corrected chi connectivity index (χ4v) is 1.23. The van der Waals surface area contributed by atoms with Gasteiger partial charge in [0.05, 0.1) is 6.20 Å². The SMILES string of the molecule is C[C@@H]1C[C@H]1c1ncc(CO)o1. The van der Waals surface area contributed by atoms with Gasteiger partial charge in [-0.1, -0.05) is 6.92 Å². The summed E-state index contributed by atoms with van der Waals surface area (Å²) < 4.78 is 5.27. The number of rotatable bonds is 2. The van der Waals surface area contributed by atoms with Gasteiger partial charge in [-0.3, -0.25) is 0 Å². The lowest BCUT2D eigenvalue weighted by Gasteiger charge is -1.87. The van der Waals surface area contributed by atoms with Crippen molar-refractivity contribution in [2.24, 2.45) is 5.92 Å². The summed E-state index contributed by atoms with van der Waals surface area (Å²) in [6.45, 7) is 2.13. The molecule has 1 saturated carbocycles. The second-order valence-electron chi connectivity index (χ2n) is 3.14. The molecular weight excluding hydrogens is 142 g/mol. The Labute approximate surface area is 65.1 Å². The summed E-state index contributed by atoms with van der Waals surface area (Å²) in [6, 6.07) is 0. The van der Waals surface area contributed by atoms with Crippen molar-refractivity contribution < 1.29 is 9.52 Å². The van der Waals surface area contributed by atoms with E-state index in [9.17, 15) is 0 Å². The molecule has 1 aliphatic carbocycles. The predicted octanol–water partition coefficient (Wildman–Crippen LogP) is 1.29. The van der Waals surface area contributed by atoms with Crippen LogP contribution in [0.15, 0.2) is 10.6 Å². The van der Waals surface area contributed by atoms with Crippen molar-refractivity contribution in [2.75, 3.05) is 0 Å². The molecule has 1 aliphatic rings. The Bertz CT molecular complexity index is 256. The molecule has 11 heavy (non-hydrogen) atoms. The number of nitrogens with zero attached hydrogens (tertiary/aromatic N) is 1. The highest BCUT2D eigenvalue weighted by Gasteiger charge is 2.37. The first-order chi connectivity index (χ1) is 5.31. The van der Waals surface area contributed by atoms with Gasteiger partial charge in [-0.15, -0.1) is 0 Å². The monoisotopic (exact) mass is 153 g/mol. The van der Waals surface area contributed by atoms with Gasteiger partial charge in [0.2, 0.25) is 0 Å². The molecule has 2 atom stereocenters. The average Bonchev–Trinajstić information content (AvgIpc) is 2.59. The standard InChI is InChI=1S/C8H11NO2/c1-5-2-7(5)8-9-3-6(4-10)11-8/h3,5,7,10H,2,4H2,1H3/t5-,7-/m1/s1. The zero-order valence-electron chi connectivity index (χ0n) is 6.45. The van der Waals surface area contributed by atoms with Gasteiger partial charge >= 0.3 is 0 Å². The lowest BCUT2D eigenvalue weighted by atomic mass is 10.3. The summed E-state index contributed by atoms with van der Waals surface area (Å²) in [5.41, 5.74) is 0. The van der Waals surface area contributed by atoms with Crippen molar-refractivity contribution in [2.45, 2.75) is 25.9 Å². The van der Waals surface area contributed by atoms with Gasteiger partial charge in [-0.05, 0) is 12.3 Å². The van der Waals surface area contributed by atoms with Crippen LogP contribution in [0.25, 0.3) is 0 Å². The van der Waals surface area contributed by atoms with Crippen molar-refractivity contribution in [3.8, 4) is 0 Å². The van der Waals surface area contributed by atoms with E-state index in [1.165, 1.54) is 6.42 Å². The predicted molar refractivity (Wildman–Crippen MR) is 38.9 cm³/mol. The molecule has 1 aromatic heterocycles. The topological polar surface area (TPSA) is 46.3 Å². The highest BCUT2D eigenvalue weighted by molar-refractivity contribution is 5.07. The summed E-state index contributed by atoms with van der Waals surface area (Å²) in [5.74, 6) is 2.58. The molecule has 0 amide bonds. The van der Waals surface area contributed by atoms with Gasteiger partial charge in [0.25, 0.3) is 0 Å². The van der Waals surface area contributed by atoms with Crippen LogP contribution in [0.5, 0.6) is 0 Å². The Morgan fingerprint density at radius 3 is 3.00 bits per heavy atom. The summed E-state index contributed by atoms with van der Waals surface area (Å²) >= 11 is 0. The smallest absolute Gasteiger partial charge is 0.197 e. The largest absolute Gasteiger partial charge is 0.443 e. The van der Waals surface area contributed by atoms with Crippen LogP contribution >= 0.6 is 0 Å². The van der Waals surface area contributed by atoms with Gasteiger partial charge in [0, 0.05) is 5.92 Å². The van der Waals surface area contributed by atoms with Crippen molar-refractivity contribution in [1.82, 2.24) is 4.98 Å². The van der Waals surface area contributed by atoms with E-state index in [1.54, 1.807) is 6.20 Å². The number of oxazole rings is 1. The minimum absolute atomic E-state index is 0.0475. The Morgan fingerprint density at radius 1 is 1.82 bits per heavy atom. The first kappa shape index (κ1) is 6.85. The Balaban J connectivity index is 2.13. The minimum atomic E-state index is -0.0475. The molecule has 1 heterocycles. The van der Waals surface area contributed by atoms with Crippen LogP contribution in [0.4, 0.5) is 0 Å². The molecule has 1 fully saturated rings. The summed E-state index contributed by atoms with van der Waals surface area (Å²) in [5, 5.41) is 8.69. The first-order valence-electron chi connectivity index (χ1n) is 3.86. The van der Waals surface area contributed by atoms with Crippen molar-refractivity contribution in [3.05, 3.63) is 17.8 Å². The maximum atomic E-state index is 8.69. The van der Waals surface area contributed by atoms with E-state index in [4.69, 9.17) is 9.52 Å². The van der Waals surface area contributed by atoms with Crippen LogP contribution in [-0.4, -0.2) is 10.1 Å². The molecule has 3 heteroatoms. The lowest BCUT2D eigenvalue weighted by Crippen LogP contribution is -1.78. The molecule has 1 aromatic rings. The Morgan fingerprint density at radius 2 is 2.55 bits per heavy atom. The molecule has 0 saturated heterocycles. The Hall–Kier alpha value is -0.830. The van der Waals surface area contributed by atoms with E-state index in [-0.39, 0.29) is 6.61 Å². The Kier molecular flexibility index (Phi) is 1.46. The van der Waals surface area contributed by atoms with Gasteiger partial charge in [0.15, 0.2) is 5.89 Å². The van der Waals surface area contributed by atoms with E-state index in [0.29, 0.717) is 17.6 Å². The third-order valence-corrected chi connectivity index (χ3v) is 2.15. The van der Waals surface area contributed by atoms with E-state index < -0.39 is 0 Å². The van der Waals surface area contributed by atoms with Crippen LogP contribution in [0.2, 0.25) is 0 Å². The van der Waals surface area contributed by atoms with Gasteiger partial charge < -0.3 is 9.52 Å². The van der Waals surface area contributed by atoms with Crippen LogP contribution in [0, 0.1) is 5.92 Å². The van der Waals surface area contributed by atoms with Gasteiger partial charge in [-0.2, -0.15) is 0 Å². The second kappa shape index (κ2) is 2.34. The average molecular weight is 153 g/mol. The van der Waals surface area contributed by atoms with Crippen LogP contribution in [-0.2, 0) is 6.61 Å². The maximum absolute atomic E-state index is 8.69. The molecule has 0 spiro atoms. The molecule has 0 aromatic carbocycles. The molecule has 0 radical (unpaired) electrons. The summed E-state index contributed by atoms with van der Waals surface area (Å²) in [6.07, 6.45) is 2.77. The van der Waals surface area contributed by atoms with Crippen molar-refractivity contribution >= 4 is 0 Å². The molecule has 2 rings (SSSR count). The van der Waals surface area contributed by atoms with Crippen molar-refractivity contribution in [3.63, 3.8) is 0 Å². The van der Waals surface area contributed by atoms with E-state index in [1.807, 2.05) is 0 Å². The molecule has 0 unspecified atom stereocenters. The molecule has 1 N–H and O–H groups in total. The number of hydrogen-bond acceptors (Lipinski definition) is 3. The zero-order chi connectivity index (χ0) is 7.84. The normalized spacial score (nSPS) is 28.9. The third kappa shape index (κ3) is 1.16. The van der Waals surface area contributed by atoms with Crippen LogP contribution < -0.4 is 0 Å². The first-order valence-corrected chi connectivity index (χ1v) is 3.86. The van der Waals surface area contributed by atoms with Crippen molar-refractivity contribution in [1.29, 1.82) is 0 Å². The molecule has 60 valence electrons. The number of aromatic nitrogens is 1. The highest BCUT2D eigenvalue weighted by Crippen LogP contribution is 2.46. The fourth-order valence-electron chi connectivity index (χ4n) is 1.23.